The number of halogens is 1. The van der Waals surface area contributed by atoms with Crippen LogP contribution in [-0.4, -0.2) is 59.8 Å². The third kappa shape index (κ3) is 4.00. The van der Waals surface area contributed by atoms with Crippen LogP contribution in [0.25, 0.3) is 16.6 Å². The molecule has 4 aromatic rings. The van der Waals surface area contributed by atoms with Crippen molar-refractivity contribution in [2.24, 2.45) is 0 Å². The maximum Gasteiger partial charge on any atom is 0.223 e. The first-order chi connectivity index (χ1) is 16.1. The molecule has 4 heterocycles. The molecule has 1 saturated heterocycles. The quantitative estimate of drug-likeness (QED) is 0.459. The van der Waals surface area contributed by atoms with Crippen LogP contribution in [0.15, 0.2) is 24.5 Å². The maximum absolute atomic E-state index is 14.4. The second-order valence-corrected chi connectivity index (χ2v) is 9.66. The molecule has 0 radical (unpaired) electrons. The molecule has 3 aromatic heterocycles. The number of nitrogens with zero attached hydrogens (tertiary/aromatic N) is 7. The highest BCUT2D eigenvalue weighted by molar-refractivity contribution is 5.93. The minimum absolute atomic E-state index is 0.0614. The molecular weight excluding hydrogens is 439 g/mol. The lowest BCUT2D eigenvalue weighted by Crippen LogP contribution is -2.41. The Morgan fingerprint density at radius 3 is 2.79 bits per heavy atom. The third-order valence-electron chi connectivity index (χ3n) is 6.33. The third-order valence-corrected chi connectivity index (χ3v) is 6.33. The zero-order valence-corrected chi connectivity index (χ0v) is 19.7. The molecule has 11 heteroatoms. The first-order valence-electron chi connectivity index (χ1n) is 11.3. The summed E-state index contributed by atoms with van der Waals surface area (Å²) < 4.78 is 22.7. The Balaban J connectivity index is 1.48. The molecule has 1 aromatic carbocycles. The number of fused-ring (bicyclic) bond motifs is 3. The number of benzene rings is 1. The van der Waals surface area contributed by atoms with Crippen LogP contribution in [0.2, 0.25) is 0 Å². The van der Waals surface area contributed by atoms with Gasteiger partial charge in [0.05, 0.1) is 36.7 Å². The Bertz CT molecular complexity index is 1360. The molecule has 1 aliphatic heterocycles. The van der Waals surface area contributed by atoms with Gasteiger partial charge in [0, 0.05) is 36.2 Å². The largest absolute Gasteiger partial charge is 0.494 e. The highest BCUT2D eigenvalue weighted by Crippen LogP contribution is 2.34. The fraction of sp³-hybridized carbons (Fsp3) is 0.478. The number of anilines is 2. The van der Waals surface area contributed by atoms with Gasteiger partial charge in [-0.05, 0) is 39.7 Å². The summed E-state index contributed by atoms with van der Waals surface area (Å²) in [5, 5.41) is 19.7. The van der Waals surface area contributed by atoms with E-state index >= 15 is 0 Å². The van der Waals surface area contributed by atoms with Crippen LogP contribution in [-0.2, 0) is 6.54 Å². The van der Waals surface area contributed by atoms with Gasteiger partial charge in [-0.2, -0.15) is 9.61 Å². The predicted octanol–water partition coefficient (Wildman–Crippen LogP) is 2.75. The monoisotopic (exact) mass is 468 g/mol. The summed E-state index contributed by atoms with van der Waals surface area (Å²) in [4.78, 5) is 11.4. The Kier molecular flexibility index (Phi) is 5.31. The van der Waals surface area contributed by atoms with E-state index in [2.05, 4.69) is 27.0 Å². The van der Waals surface area contributed by atoms with Crippen LogP contribution >= 0.6 is 0 Å². The molecule has 10 nitrogen and oxygen atoms in total. The molecular formula is C23H29FN8O2. The van der Waals surface area contributed by atoms with Crippen LogP contribution in [0.4, 0.5) is 16.0 Å². The van der Waals surface area contributed by atoms with E-state index in [1.54, 1.807) is 18.5 Å². The zero-order valence-electron chi connectivity index (χ0n) is 19.7. The lowest BCUT2D eigenvalue weighted by Gasteiger charge is -2.37. The molecule has 34 heavy (non-hydrogen) atoms. The van der Waals surface area contributed by atoms with Crippen LogP contribution in [0.1, 0.15) is 45.4 Å². The van der Waals surface area contributed by atoms with Crippen LogP contribution in [0, 0.1) is 5.82 Å². The van der Waals surface area contributed by atoms with Gasteiger partial charge in [0.25, 0.3) is 0 Å². The summed E-state index contributed by atoms with van der Waals surface area (Å²) >= 11 is 0. The molecule has 0 spiro atoms. The number of ether oxygens (including phenoxy) is 1. The molecule has 0 aliphatic carbocycles. The zero-order chi connectivity index (χ0) is 24.2. The Morgan fingerprint density at radius 2 is 2.06 bits per heavy atom. The first kappa shape index (κ1) is 22.3. The van der Waals surface area contributed by atoms with E-state index in [1.807, 2.05) is 12.4 Å². The van der Waals surface area contributed by atoms with E-state index < -0.39 is 11.4 Å². The maximum atomic E-state index is 14.4. The van der Waals surface area contributed by atoms with Gasteiger partial charge in [-0.25, -0.2) is 14.4 Å². The molecule has 2 atom stereocenters. The summed E-state index contributed by atoms with van der Waals surface area (Å²) in [5.74, 6) is 0.507. The Labute approximate surface area is 196 Å². The highest BCUT2D eigenvalue weighted by Gasteiger charge is 2.31. The molecule has 0 amide bonds. The van der Waals surface area contributed by atoms with Gasteiger partial charge in [0.15, 0.2) is 23.0 Å². The van der Waals surface area contributed by atoms with E-state index in [0.29, 0.717) is 41.5 Å². The summed E-state index contributed by atoms with van der Waals surface area (Å²) in [7, 11) is 1.41. The van der Waals surface area contributed by atoms with E-state index in [1.165, 1.54) is 23.8 Å². The molecule has 1 fully saturated rings. The van der Waals surface area contributed by atoms with Crippen molar-refractivity contribution in [2.75, 3.05) is 24.3 Å². The number of piperidine rings is 1. The minimum atomic E-state index is -0.847. The molecule has 0 unspecified atom stereocenters. The topological polar surface area (TPSA) is 120 Å². The van der Waals surface area contributed by atoms with Crippen LogP contribution in [0.3, 0.4) is 0 Å². The summed E-state index contributed by atoms with van der Waals surface area (Å²) in [6.07, 6.45) is 5.66. The van der Waals surface area contributed by atoms with Gasteiger partial charge in [0.2, 0.25) is 5.95 Å². The molecule has 5 rings (SSSR count). The molecule has 0 bridgehead atoms. The van der Waals surface area contributed by atoms with Gasteiger partial charge in [-0.1, -0.05) is 0 Å². The number of hydrogen-bond donors (Lipinski definition) is 2. The van der Waals surface area contributed by atoms with Crippen molar-refractivity contribution in [3.05, 3.63) is 36.2 Å². The lowest BCUT2D eigenvalue weighted by molar-refractivity contribution is 0.0577. The second-order valence-electron chi connectivity index (χ2n) is 9.66. The van der Waals surface area contributed by atoms with Gasteiger partial charge in [-0.3, -0.25) is 4.68 Å². The molecule has 0 saturated carbocycles. The second kappa shape index (κ2) is 8.08. The average molecular weight is 469 g/mol. The highest BCUT2D eigenvalue weighted by atomic mass is 19.1. The number of methoxy groups -OCH3 is 1. The van der Waals surface area contributed by atoms with Gasteiger partial charge in [-0.15, -0.1) is 5.10 Å². The van der Waals surface area contributed by atoms with E-state index in [0.717, 1.165) is 18.5 Å². The molecule has 3 N–H and O–H groups in total. The standard InChI is InChI=1S/C23H29FN8O2/c1-13-5-6-14(10-31(13)15-9-26-30(11-15)12-23(2,3)33)20-28-21-16-7-17(24)19(34-4)8-18(16)27-22(25)32(21)29-20/h7-9,11,13-14,33H,5-6,10,12H2,1-4H3,(H2,25,27)/t13-,14+/m0/s1. The fourth-order valence-corrected chi connectivity index (χ4v) is 4.64. The van der Waals surface area contributed by atoms with Crippen molar-refractivity contribution in [3.63, 3.8) is 0 Å². The number of nitrogen functional groups attached to an aromatic ring is 1. The molecule has 180 valence electrons. The summed E-state index contributed by atoms with van der Waals surface area (Å²) in [6, 6.07) is 3.20. The smallest absolute Gasteiger partial charge is 0.223 e. The van der Waals surface area contributed by atoms with E-state index in [-0.39, 0.29) is 17.6 Å². The average Bonchev–Trinajstić information content (AvgIpc) is 3.41. The summed E-state index contributed by atoms with van der Waals surface area (Å²) in [6.45, 7) is 6.82. The Hall–Kier alpha value is -3.47. The van der Waals surface area contributed by atoms with E-state index in [9.17, 15) is 9.50 Å². The minimum Gasteiger partial charge on any atom is -0.494 e. The van der Waals surface area contributed by atoms with E-state index in [4.69, 9.17) is 15.5 Å². The fourth-order valence-electron chi connectivity index (χ4n) is 4.64. The Morgan fingerprint density at radius 1 is 1.26 bits per heavy atom. The number of nitrogens with two attached hydrogens (primary N) is 1. The number of hydrogen-bond acceptors (Lipinski definition) is 8. The SMILES string of the molecule is COc1cc2nc(N)n3nc([C@@H]4CC[C@H](C)N(c5cnn(CC(C)(C)O)c5)C4)nc3c2cc1F. The predicted molar refractivity (Wildman–Crippen MR) is 127 cm³/mol. The van der Waals surface area contributed by atoms with Crippen molar-refractivity contribution in [1.82, 2.24) is 29.4 Å². The number of aromatic nitrogens is 6. The molecule has 1 aliphatic rings. The van der Waals surface area contributed by atoms with Gasteiger partial charge >= 0.3 is 0 Å². The van der Waals surface area contributed by atoms with Crippen molar-refractivity contribution in [3.8, 4) is 5.75 Å². The van der Waals surface area contributed by atoms with Gasteiger partial charge < -0.3 is 20.5 Å². The normalized spacial score (nSPS) is 19.3. The number of aliphatic hydroxyl groups is 1. The van der Waals surface area contributed by atoms with Crippen molar-refractivity contribution in [2.45, 2.75) is 57.7 Å². The van der Waals surface area contributed by atoms with Gasteiger partial charge in [0.1, 0.15) is 0 Å². The first-order valence-corrected chi connectivity index (χ1v) is 11.3. The summed E-state index contributed by atoms with van der Waals surface area (Å²) in [5.41, 5.74) is 7.28. The van der Waals surface area contributed by atoms with Crippen molar-refractivity contribution in [1.29, 1.82) is 0 Å². The van der Waals surface area contributed by atoms with Crippen LogP contribution < -0.4 is 15.4 Å². The number of rotatable bonds is 5. The lowest BCUT2D eigenvalue weighted by atomic mass is 9.92. The van der Waals surface area contributed by atoms with Crippen molar-refractivity contribution < 1.29 is 14.2 Å². The van der Waals surface area contributed by atoms with Crippen molar-refractivity contribution >= 4 is 28.2 Å². The van der Waals surface area contributed by atoms with Crippen LogP contribution in [0.5, 0.6) is 5.75 Å².